The summed E-state index contributed by atoms with van der Waals surface area (Å²) in [5, 5.41) is 5.54. The predicted octanol–water partition coefficient (Wildman–Crippen LogP) is 2.83. The maximum absolute atomic E-state index is 12.2. The Morgan fingerprint density at radius 3 is 3.09 bits per heavy atom. The lowest BCUT2D eigenvalue weighted by Crippen LogP contribution is -2.48. The highest BCUT2D eigenvalue weighted by molar-refractivity contribution is 7.13. The van der Waals surface area contributed by atoms with E-state index in [4.69, 9.17) is 5.73 Å². The van der Waals surface area contributed by atoms with Gasteiger partial charge in [-0.3, -0.25) is 9.69 Å². The Labute approximate surface area is 137 Å². The zero-order valence-electron chi connectivity index (χ0n) is 13.9. The molecule has 3 N–H and O–H groups in total. The molecule has 2 atom stereocenters. The predicted molar refractivity (Wildman–Crippen MR) is 91.9 cm³/mol. The molecule has 124 valence electrons. The van der Waals surface area contributed by atoms with Gasteiger partial charge in [-0.1, -0.05) is 20.3 Å². The van der Waals surface area contributed by atoms with Gasteiger partial charge in [-0.2, -0.15) is 0 Å². The smallest absolute Gasteiger partial charge is 0.245 e. The number of rotatable bonds is 6. The number of likely N-dealkylation sites (tertiary alicyclic amines) is 1. The number of thiazole rings is 1. The number of carbonyl (C=O) groups excluding carboxylic acids is 1. The number of aromatic nitrogens is 1. The second-order valence-electron chi connectivity index (χ2n) is 6.75. The number of hydrogen-bond acceptors (Lipinski definition) is 5. The van der Waals surface area contributed by atoms with Gasteiger partial charge < -0.3 is 11.1 Å². The van der Waals surface area contributed by atoms with Crippen molar-refractivity contribution >= 4 is 22.4 Å². The van der Waals surface area contributed by atoms with Gasteiger partial charge in [0.25, 0.3) is 0 Å². The molecule has 2 heterocycles. The average Bonchev–Trinajstić information content (AvgIpc) is 2.86. The summed E-state index contributed by atoms with van der Waals surface area (Å²) in [4.78, 5) is 19.2. The molecule has 2 unspecified atom stereocenters. The van der Waals surface area contributed by atoms with E-state index in [1.165, 1.54) is 24.2 Å². The van der Waals surface area contributed by atoms with Crippen molar-refractivity contribution in [2.24, 2.45) is 11.7 Å². The lowest BCUT2D eigenvalue weighted by atomic mass is 9.97. The molecule has 0 radical (unpaired) electrons. The van der Waals surface area contributed by atoms with E-state index in [1.54, 1.807) is 6.92 Å². The second-order valence-corrected chi connectivity index (χ2v) is 7.61. The molecule has 6 heteroatoms. The number of nitrogens with two attached hydrogens (primary N) is 1. The molecule has 0 spiro atoms. The highest BCUT2D eigenvalue weighted by Crippen LogP contribution is 2.22. The molecule has 0 bridgehead atoms. The van der Waals surface area contributed by atoms with Gasteiger partial charge in [0.05, 0.1) is 11.2 Å². The molecular formula is C16H28N4OS. The van der Waals surface area contributed by atoms with Crippen LogP contribution in [-0.2, 0) is 11.3 Å². The van der Waals surface area contributed by atoms with Gasteiger partial charge in [0, 0.05) is 18.5 Å². The van der Waals surface area contributed by atoms with Gasteiger partial charge in [0.1, 0.15) is 0 Å². The Hall–Kier alpha value is -0.980. The molecule has 22 heavy (non-hydrogen) atoms. The molecule has 1 amide bonds. The van der Waals surface area contributed by atoms with Crippen molar-refractivity contribution < 1.29 is 4.79 Å². The SMILES string of the molecule is CCCC(C)(N)C(=O)Nc1nc(CN2CCCC(C)C2)cs1. The third-order valence-electron chi connectivity index (χ3n) is 4.19. The first kappa shape index (κ1) is 17.4. The standard InChI is InChI=1S/C16H28N4OS/c1-4-7-16(3,17)14(21)19-15-18-13(11-22-15)10-20-8-5-6-12(2)9-20/h11-12H,4-10,17H2,1-3H3,(H,18,19,21). The number of carbonyl (C=O) groups is 1. The Kier molecular flexibility index (Phi) is 5.94. The van der Waals surface area contributed by atoms with Crippen LogP contribution in [0.1, 0.15) is 52.1 Å². The first-order valence-electron chi connectivity index (χ1n) is 8.18. The lowest BCUT2D eigenvalue weighted by Gasteiger charge is -2.30. The Balaban J connectivity index is 1.90. The molecule has 0 saturated carbocycles. The largest absolute Gasteiger partial charge is 0.318 e. The maximum atomic E-state index is 12.2. The van der Waals surface area contributed by atoms with Crippen molar-refractivity contribution in [3.63, 3.8) is 0 Å². The van der Waals surface area contributed by atoms with Gasteiger partial charge in [-0.05, 0) is 38.6 Å². The molecule has 0 aromatic carbocycles. The first-order valence-corrected chi connectivity index (χ1v) is 9.05. The molecule has 1 fully saturated rings. The van der Waals surface area contributed by atoms with E-state index < -0.39 is 5.54 Å². The second kappa shape index (κ2) is 7.53. The number of piperidine rings is 1. The molecule has 1 aromatic heterocycles. The van der Waals surface area contributed by atoms with E-state index in [0.717, 1.165) is 37.7 Å². The van der Waals surface area contributed by atoms with Gasteiger partial charge in [0.15, 0.2) is 5.13 Å². The first-order chi connectivity index (χ1) is 10.4. The van der Waals surface area contributed by atoms with Gasteiger partial charge in [-0.15, -0.1) is 11.3 Å². The summed E-state index contributed by atoms with van der Waals surface area (Å²) >= 11 is 1.48. The van der Waals surface area contributed by atoms with Crippen LogP contribution in [0.4, 0.5) is 5.13 Å². The van der Waals surface area contributed by atoms with Crippen LogP contribution in [-0.4, -0.2) is 34.4 Å². The minimum atomic E-state index is -0.830. The fourth-order valence-corrected chi connectivity index (χ4v) is 3.67. The van der Waals surface area contributed by atoms with Crippen LogP contribution >= 0.6 is 11.3 Å². The molecule has 5 nitrogen and oxygen atoms in total. The van der Waals surface area contributed by atoms with Crippen LogP contribution in [0.25, 0.3) is 0 Å². The number of anilines is 1. The summed E-state index contributed by atoms with van der Waals surface area (Å²) in [6.45, 7) is 9.24. The number of nitrogens with zero attached hydrogens (tertiary/aromatic N) is 2. The molecule has 2 rings (SSSR count). The van der Waals surface area contributed by atoms with Crippen LogP contribution < -0.4 is 11.1 Å². The topological polar surface area (TPSA) is 71.2 Å². The third-order valence-corrected chi connectivity index (χ3v) is 4.99. The van der Waals surface area contributed by atoms with Crippen LogP contribution in [0.15, 0.2) is 5.38 Å². The van der Waals surface area contributed by atoms with E-state index in [1.807, 2.05) is 12.3 Å². The van der Waals surface area contributed by atoms with Crippen molar-refractivity contribution in [2.45, 2.75) is 58.5 Å². The molecule has 1 aliphatic heterocycles. The van der Waals surface area contributed by atoms with E-state index in [-0.39, 0.29) is 5.91 Å². The minimum Gasteiger partial charge on any atom is -0.318 e. The van der Waals surface area contributed by atoms with E-state index in [9.17, 15) is 4.79 Å². The summed E-state index contributed by atoms with van der Waals surface area (Å²) in [5.41, 5.74) is 6.25. The van der Waals surface area contributed by atoms with Crippen molar-refractivity contribution in [3.8, 4) is 0 Å². The summed E-state index contributed by atoms with van der Waals surface area (Å²) < 4.78 is 0. The van der Waals surface area contributed by atoms with Gasteiger partial charge in [-0.25, -0.2) is 4.98 Å². The Morgan fingerprint density at radius 1 is 1.64 bits per heavy atom. The van der Waals surface area contributed by atoms with Gasteiger partial charge in [0.2, 0.25) is 5.91 Å². The summed E-state index contributed by atoms with van der Waals surface area (Å²) in [5.74, 6) is 0.611. The lowest BCUT2D eigenvalue weighted by molar-refractivity contribution is -0.120. The van der Waals surface area contributed by atoms with Crippen LogP contribution in [0.5, 0.6) is 0 Å². The van der Waals surface area contributed by atoms with E-state index in [0.29, 0.717) is 11.6 Å². The van der Waals surface area contributed by atoms with E-state index in [2.05, 4.69) is 22.1 Å². The Morgan fingerprint density at radius 2 is 2.41 bits per heavy atom. The number of nitrogens with one attached hydrogen (secondary N) is 1. The fraction of sp³-hybridized carbons (Fsp3) is 0.750. The van der Waals surface area contributed by atoms with Crippen LogP contribution in [0.3, 0.4) is 0 Å². The zero-order chi connectivity index (χ0) is 16.2. The summed E-state index contributed by atoms with van der Waals surface area (Å²) in [7, 11) is 0. The van der Waals surface area contributed by atoms with Crippen LogP contribution in [0.2, 0.25) is 0 Å². The van der Waals surface area contributed by atoms with E-state index >= 15 is 0 Å². The normalized spacial score (nSPS) is 22.3. The van der Waals surface area contributed by atoms with Gasteiger partial charge >= 0.3 is 0 Å². The average molecular weight is 324 g/mol. The molecule has 1 saturated heterocycles. The fourth-order valence-electron chi connectivity index (χ4n) is 2.97. The molecule has 1 aliphatic rings. The maximum Gasteiger partial charge on any atom is 0.245 e. The van der Waals surface area contributed by atoms with Crippen molar-refractivity contribution in [1.29, 1.82) is 0 Å². The Bertz CT molecular complexity index is 500. The van der Waals surface area contributed by atoms with Crippen molar-refractivity contribution in [3.05, 3.63) is 11.1 Å². The quantitative estimate of drug-likeness (QED) is 0.844. The minimum absolute atomic E-state index is 0.151. The number of hydrogen-bond donors (Lipinski definition) is 2. The third kappa shape index (κ3) is 4.76. The highest BCUT2D eigenvalue weighted by atomic mass is 32.1. The molecular weight excluding hydrogens is 296 g/mol. The van der Waals surface area contributed by atoms with Crippen LogP contribution in [0, 0.1) is 5.92 Å². The van der Waals surface area contributed by atoms with Crippen molar-refractivity contribution in [1.82, 2.24) is 9.88 Å². The summed E-state index contributed by atoms with van der Waals surface area (Å²) in [6, 6.07) is 0. The zero-order valence-corrected chi connectivity index (χ0v) is 14.7. The molecule has 1 aromatic rings. The molecule has 0 aliphatic carbocycles. The summed E-state index contributed by atoms with van der Waals surface area (Å²) in [6.07, 6.45) is 4.14. The van der Waals surface area contributed by atoms with Crippen molar-refractivity contribution in [2.75, 3.05) is 18.4 Å². The monoisotopic (exact) mass is 324 g/mol. The highest BCUT2D eigenvalue weighted by Gasteiger charge is 2.28. The number of amides is 1.